The molecule has 1 aromatic heterocycles. The predicted octanol–water partition coefficient (Wildman–Crippen LogP) is 1.88. The fraction of sp³-hybridized carbons (Fsp3) is 0.556. The van der Waals surface area contributed by atoms with Gasteiger partial charge in [-0.3, -0.25) is 4.79 Å². The van der Waals surface area contributed by atoms with Gasteiger partial charge in [0.1, 0.15) is 0 Å². The Morgan fingerprint density at radius 3 is 2.42 bits per heavy atom. The smallest absolute Gasteiger partial charge is 0.252 e. The highest BCUT2D eigenvalue weighted by Gasteiger charge is 2.23. The molecule has 1 rings (SSSR count). The lowest BCUT2D eigenvalue weighted by Gasteiger charge is -2.15. The number of carbonyl (C=O) groups excluding carboxylic acids is 1. The van der Waals surface area contributed by atoms with Crippen LogP contribution in [0.25, 0.3) is 0 Å². The van der Waals surface area contributed by atoms with Crippen LogP contribution in [0.15, 0.2) is 12.4 Å². The SMILES string of the molecule is Cc1cnn(C(=O)C(C)(C)C)c1. The summed E-state index contributed by atoms with van der Waals surface area (Å²) in [6.07, 6.45) is 3.43. The molecular formula is C9H14N2O. The zero-order valence-corrected chi connectivity index (χ0v) is 7.96. The van der Waals surface area contributed by atoms with Gasteiger partial charge < -0.3 is 0 Å². The quantitative estimate of drug-likeness (QED) is 0.589. The van der Waals surface area contributed by atoms with Crippen molar-refractivity contribution in [2.45, 2.75) is 27.7 Å². The highest BCUT2D eigenvalue weighted by atomic mass is 16.2. The van der Waals surface area contributed by atoms with Crippen molar-refractivity contribution in [3.8, 4) is 0 Å². The lowest BCUT2D eigenvalue weighted by molar-refractivity contribution is 0.0749. The molecule has 0 spiro atoms. The van der Waals surface area contributed by atoms with E-state index in [1.165, 1.54) is 4.68 Å². The van der Waals surface area contributed by atoms with E-state index >= 15 is 0 Å². The van der Waals surface area contributed by atoms with Gasteiger partial charge in [-0.05, 0) is 12.5 Å². The second kappa shape index (κ2) is 2.73. The molecular weight excluding hydrogens is 152 g/mol. The van der Waals surface area contributed by atoms with Crippen LogP contribution >= 0.6 is 0 Å². The van der Waals surface area contributed by atoms with Crippen molar-refractivity contribution < 1.29 is 4.79 Å². The lowest BCUT2D eigenvalue weighted by Crippen LogP contribution is -2.26. The van der Waals surface area contributed by atoms with E-state index < -0.39 is 0 Å². The predicted molar refractivity (Wildman–Crippen MR) is 47.0 cm³/mol. The third-order valence-corrected chi connectivity index (χ3v) is 1.56. The van der Waals surface area contributed by atoms with Crippen molar-refractivity contribution >= 4 is 5.91 Å². The Kier molecular flexibility index (Phi) is 2.04. The molecule has 0 saturated carbocycles. The Balaban J connectivity index is 2.93. The van der Waals surface area contributed by atoms with Crippen LogP contribution in [0.4, 0.5) is 0 Å². The number of nitrogens with zero attached hydrogens (tertiary/aromatic N) is 2. The van der Waals surface area contributed by atoms with Gasteiger partial charge >= 0.3 is 0 Å². The molecule has 66 valence electrons. The van der Waals surface area contributed by atoms with Gasteiger partial charge in [-0.1, -0.05) is 20.8 Å². The van der Waals surface area contributed by atoms with Crippen molar-refractivity contribution in [2.75, 3.05) is 0 Å². The van der Waals surface area contributed by atoms with Gasteiger partial charge in [0.2, 0.25) is 0 Å². The average Bonchev–Trinajstić information content (AvgIpc) is 2.32. The molecule has 0 fully saturated rings. The molecule has 3 heteroatoms. The number of carbonyl (C=O) groups is 1. The maximum atomic E-state index is 11.6. The van der Waals surface area contributed by atoms with E-state index in [9.17, 15) is 4.79 Å². The van der Waals surface area contributed by atoms with E-state index in [1.54, 1.807) is 12.4 Å². The molecule has 0 unspecified atom stereocenters. The monoisotopic (exact) mass is 166 g/mol. The maximum Gasteiger partial charge on any atom is 0.252 e. The molecule has 0 aromatic carbocycles. The van der Waals surface area contributed by atoms with Crippen LogP contribution in [0.3, 0.4) is 0 Å². The Labute approximate surface area is 72.4 Å². The molecule has 0 amide bonds. The lowest BCUT2D eigenvalue weighted by atomic mass is 9.96. The van der Waals surface area contributed by atoms with Crippen molar-refractivity contribution in [2.24, 2.45) is 5.41 Å². The molecule has 12 heavy (non-hydrogen) atoms. The molecule has 0 aliphatic carbocycles. The Morgan fingerprint density at radius 1 is 1.50 bits per heavy atom. The van der Waals surface area contributed by atoms with Crippen molar-refractivity contribution in [3.63, 3.8) is 0 Å². The third-order valence-electron chi connectivity index (χ3n) is 1.56. The summed E-state index contributed by atoms with van der Waals surface area (Å²) >= 11 is 0. The summed E-state index contributed by atoms with van der Waals surface area (Å²) in [6, 6.07) is 0. The summed E-state index contributed by atoms with van der Waals surface area (Å²) in [6.45, 7) is 7.56. The highest BCUT2D eigenvalue weighted by Crippen LogP contribution is 2.15. The molecule has 0 saturated heterocycles. The van der Waals surface area contributed by atoms with Gasteiger partial charge in [0.15, 0.2) is 0 Å². The van der Waals surface area contributed by atoms with Crippen LogP contribution in [0.5, 0.6) is 0 Å². The van der Waals surface area contributed by atoms with Crippen LogP contribution in [0.2, 0.25) is 0 Å². The number of aryl methyl sites for hydroxylation is 1. The van der Waals surface area contributed by atoms with Crippen LogP contribution in [-0.2, 0) is 0 Å². The van der Waals surface area contributed by atoms with Crippen molar-refractivity contribution in [1.29, 1.82) is 0 Å². The molecule has 1 heterocycles. The molecule has 0 N–H and O–H groups in total. The maximum absolute atomic E-state index is 11.6. The summed E-state index contributed by atoms with van der Waals surface area (Å²) in [5, 5.41) is 3.95. The fourth-order valence-electron chi connectivity index (χ4n) is 0.868. The second-order valence-corrected chi connectivity index (χ2v) is 4.02. The first-order chi connectivity index (χ1) is 5.41. The minimum atomic E-state index is -0.363. The van der Waals surface area contributed by atoms with Crippen LogP contribution < -0.4 is 0 Å². The Morgan fingerprint density at radius 2 is 2.08 bits per heavy atom. The second-order valence-electron chi connectivity index (χ2n) is 4.02. The van der Waals surface area contributed by atoms with Gasteiger partial charge in [0.05, 0.1) is 6.20 Å². The van der Waals surface area contributed by atoms with E-state index in [-0.39, 0.29) is 11.3 Å². The van der Waals surface area contributed by atoms with Gasteiger partial charge in [-0.15, -0.1) is 0 Å². The van der Waals surface area contributed by atoms with Crippen LogP contribution in [-0.4, -0.2) is 15.7 Å². The minimum absolute atomic E-state index is 0.0237. The summed E-state index contributed by atoms with van der Waals surface area (Å²) in [7, 11) is 0. The average molecular weight is 166 g/mol. The molecule has 0 atom stereocenters. The standard InChI is InChI=1S/C9H14N2O/c1-7-5-10-11(6-7)8(12)9(2,3)4/h5-6H,1-4H3. The molecule has 0 aliphatic rings. The first-order valence-electron chi connectivity index (χ1n) is 3.97. The first-order valence-corrected chi connectivity index (χ1v) is 3.97. The normalized spacial score (nSPS) is 11.7. The Bertz CT molecular complexity index is 294. The van der Waals surface area contributed by atoms with E-state index in [1.807, 2.05) is 27.7 Å². The largest absolute Gasteiger partial charge is 0.272 e. The summed E-state index contributed by atoms with van der Waals surface area (Å²) < 4.78 is 1.40. The minimum Gasteiger partial charge on any atom is -0.272 e. The van der Waals surface area contributed by atoms with Gasteiger partial charge in [0, 0.05) is 11.6 Å². The summed E-state index contributed by atoms with van der Waals surface area (Å²) in [5.41, 5.74) is 0.644. The van der Waals surface area contributed by atoms with E-state index in [0.29, 0.717) is 0 Å². The van der Waals surface area contributed by atoms with E-state index in [4.69, 9.17) is 0 Å². The topological polar surface area (TPSA) is 34.9 Å². The summed E-state index contributed by atoms with van der Waals surface area (Å²) in [5.74, 6) is 0.0237. The molecule has 0 bridgehead atoms. The van der Waals surface area contributed by atoms with Gasteiger partial charge in [-0.25, -0.2) is 4.68 Å². The highest BCUT2D eigenvalue weighted by molar-refractivity contribution is 5.83. The Hall–Kier alpha value is -1.12. The zero-order valence-electron chi connectivity index (χ0n) is 7.96. The molecule has 3 nitrogen and oxygen atoms in total. The first kappa shape index (κ1) is 8.97. The zero-order chi connectivity index (χ0) is 9.35. The van der Waals surface area contributed by atoms with Gasteiger partial charge in [0.25, 0.3) is 5.91 Å². The van der Waals surface area contributed by atoms with Crippen LogP contribution in [0.1, 0.15) is 31.1 Å². The number of aromatic nitrogens is 2. The van der Waals surface area contributed by atoms with E-state index in [0.717, 1.165) is 5.56 Å². The van der Waals surface area contributed by atoms with Crippen molar-refractivity contribution in [3.05, 3.63) is 18.0 Å². The fourth-order valence-corrected chi connectivity index (χ4v) is 0.868. The van der Waals surface area contributed by atoms with Gasteiger partial charge in [-0.2, -0.15) is 5.10 Å². The van der Waals surface area contributed by atoms with E-state index in [2.05, 4.69) is 5.10 Å². The number of hydrogen-bond donors (Lipinski definition) is 0. The number of rotatable bonds is 0. The molecule has 0 aliphatic heterocycles. The summed E-state index contributed by atoms with van der Waals surface area (Å²) in [4.78, 5) is 11.6. The molecule has 0 radical (unpaired) electrons. The van der Waals surface area contributed by atoms with Crippen molar-refractivity contribution in [1.82, 2.24) is 9.78 Å². The number of hydrogen-bond acceptors (Lipinski definition) is 2. The van der Waals surface area contributed by atoms with Crippen LogP contribution in [0, 0.1) is 12.3 Å². The third kappa shape index (κ3) is 1.72. The molecule has 1 aromatic rings.